The fourth-order valence-electron chi connectivity index (χ4n) is 3.37. The molecule has 4 rings (SSSR count). The monoisotopic (exact) mass is 502 g/mol. The zero-order valence-electron chi connectivity index (χ0n) is 18.8. The number of methoxy groups -OCH3 is 1. The van der Waals surface area contributed by atoms with Crippen molar-refractivity contribution in [2.75, 3.05) is 20.2 Å². The van der Waals surface area contributed by atoms with E-state index in [4.69, 9.17) is 4.74 Å². The molecule has 0 aliphatic carbocycles. The Bertz CT molecular complexity index is 1360. The molecule has 0 bridgehead atoms. The molecule has 182 valence electrons. The fourth-order valence-corrected chi connectivity index (χ4v) is 4.42. The van der Waals surface area contributed by atoms with Crippen LogP contribution in [0.3, 0.4) is 0 Å². The van der Waals surface area contributed by atoms with E-state index >= 15 is 0 Å². The molecule has 0 saturated carbocycles. The standard InChI is InChI=1S/C24H21F3N4O3S/c1-14-3-7-16(8-4-14)31-23-18(20(30-31)24(25,26)27)13-19(35-23)22(33)29-12-11-28-21(32)15-5-9-17(34-2)10-6-15/h3-10,13H,11-12H2,1-2H3,(H,28,32)(H,29,33). The number of hydrogen-bond acceptors (Lipinski definition) is 5. The number of ether oxygens (including phenoxy) is 1. The van der Waals surface area contributed by atoms with E-state index in [2.05, 4.69) is 15.7 Å². The van der Waals surface area contributed by atoms with Crippen LogP contribution in [0, 0.1) is 6.92 Å². The second kappa shape index (κ2) is 9.79. The van der Waals surface area contributed by atoms with Crippen LogP contribution in [0.1, 0.15) is 31.3 Å². The number of nitrogens with zero attached hydrogens (tertiary/aromatic N) is 2. The molecule has 2 aromatic carbocycles. The van der Waals surface area contributed by atoms with Crippen molar-refractivity contribution in [3.8, 4) is 11.4 Å². The molecule has 2 amide bonds. The van der Waals surface area contributed by atoms with Crippen LogP contribution in [-0.2, 0) is 6.18 Å². The molecule has 35 heavy (non-hydrogen) atoms. The van der Waals surface area contributed by atoms with Crippen molar-refractivity contribution in [2.24, 2.45) is 0 Å². The molecule has 0 radical (unpaired) electrons. The third-order valence-electron chi connectivity index (χ3n) is 5.18. The van der Waals surface area contributed by atoms with Crippen LogP contribution in [0.2, 0.25) is 0 Å². The molecule has 4 aromatic rings. The molecule has 0 fully saturated rings. The number of rotatable bonds is 7. The summed E-state index contributed by atoms with van der Waals surface area (Å²) in [5.74, 6) is -0.235. The molecular formula is C24H21F3N4O3S. The van der Waals surface area contributed by atoms with E-state index in [1.54, 1.807) is 48.5 Å². The normalized spacial score (nSPS) is 11.5. The molecule has 2 heterocycles. The number of halogens is 3. The highest BCUT2D eigenvalue weighted by Gasteiger charge is 2.38. The van der Waals surface area contributed by atoms with E-state index in [0.717, 1.165) is 16.9 Å². The number of benzene rings is 2. The average molecular weight is 503 g/mol. The van der Waals surface area contributed by atoms with Crippen molar-refractivity contribution in [3.05, 3.63) is 76.3 Å². The highest BCUT2D eigenvalue weighted by molar-refractivity contribution is 7.20. The summed E-state index contributed by atoms with van der Waals surface area (Å²) in [5.41, 5.74) is 0.807. The summed E-state index contributed by atoms with van der Waals surface area (Å²) < 4.78 is 47.1. The molecule has 0 unspecified atom stereocenters. The lowest BCUT2D eigenvalue weighted by molar-refractivity contribution is -0.140. The van der Waals surface area contributed by atoms with Crippen molar-refractivity contribution < 1.29 is 27.5 Å². The van der Waals surface area contributed by atoms with Crippen molar-refractivity contribution in [1.29, 1.82) is 0 Å². The number of alkyl halides is 3. The van der Waals surface area contributed by atoms with Crippen LogP contribution < -0.4 is 15.4 Å². The highest BCUT2D eigenvalue weighted by Crippen LogP contribution is 2.38. The maximum atomic E-state index is 13.6. The van der Waals surface area contributed by atoms with Gasteiger partial charge >= 0.3 is 6.18 Å². The van der Waals surface area contributed by atoms with Crippen LogP contribution in [0.5, 0.6) is 5.75 Å². The van der Waals surface area contributed by atoms with Crippen LogP contribution >= 0.6 is 11.3 Å². The minimum atomic E-state index is -4.67. The lowest BCUT2D eigenvalue weighted by Crippen LogP contribution is -2.34. The van der Waals surface area contributed by atoms with Gasteiger partial charge in [-0.25, -0.2) is 4.68 Å². The van der Waals surface area contributed by atoms with Gasteiger partial charge in [0.2, 0.25) is 0 Å². The van der Waals surface area contributed by atoms with Crippen molar-refractivity contribution >= 4 is 33.4 Å². The molecular weight excluding hydrogens is 481 g/mol. The quantitative estimate of drug-likeness (QED) is 0.362. The molecule has 11 heteroatoms. The van der Waals surface area contributed by atoms with Crippen LogP contribution in [0.15, 0.2) is 54.6 Å². The minimum absolute atomic E-state index is 0.102. The molecule has 0 aliphatic rings. The Labute approximate surface area is 202 Å². The van der Waals surface area contributed by atoms with E-state index in [1.165, 1.54) is 17.9 Å². The molecule has 0 saturated heterocycles. The SMILES string of the molecule is COc1ccc(C(=O)NCCNC(=O)c2cc3c(C(F)(F)F)nn(-c4ccc(C)cc4)c3s2)cc1. The van der Waals surface area contributed by atoms with E-state index in [0.29, 0.717) is 17.0 Å². The number of aryl methyl sites for hydroxylation is 1. The van der Waals surface area contributed by atoms with Crippen molar-refractivity contribution in [1.82, 2.24) is 20.4 Å². The molecule has 2 aromatic heterocycles. The summed E-state index contributed by atoms with van der Waals surface area (Å²) in [7, 11) is 1.52. The van der Waals surface area contributed by atoms with Gasteiger partial charge in [0.25, 0.3) is 11.8 Å². The topological polar surface area (TPSA) is 85.2 Å². The van der Waals surface area contributed by atoms with E-state index in [9.17, 15) is 22.8 Å². The van der Waals surface area contributed by atoms with Gasteiger partial charge in [-0.3, -0.25) is 9.59 Å². The number of carbonyl (C=O) groups is 2. The van der Waals surface area contributed by atoms with Gasteiger partial charge in [0.05, 0.1) is 17.7 Å². The number of amides is 2. The predicted octanol–water partition coefficient (Wildman–Crippen LogP) is 4.58. The first-order chi connectivity index (χ1) is 16.7. The number of aromatic nitrogens is 2. The highest BCUT2D eigenvalue weighted by atomic mass is 32.1. The second-order valence-electron chi connectivity index (χ2n) is 7.66. The van der Waals surface area contributed by atoms with E-state index < -0.39 is 17.8 Å². The van der Waals surface area contributed by atoms with Gasteiger partial charge in [0.15, 0.2) is 5.69 Å². The summed E-state index contributed by atoms with van der Waals surface area (Å²) in [4.78, 5) is 25.1. The number of nitrogens with one attached hydrogen (secondary N) is 2. The fraction of sp³-hybridized carbons (Fsp3) is 0.208. The van der Waals surface area contributed by atoms with Gasteiger partial charge < -0.3 is 15.4 Å². The van der Waals surface area contributed by atoms with Gasteiger partial charge in [-0.05, 0) is 49.4 Å². The first kappa shape index (κ1) is 24.3. The smallest absolute Gasteiger partial charge is 0.435 e. The van der Waals surface area contributed by atoms with Crippen molar-refractivity contribution in [2.45, 2.75) is 13.1 Å². The van der Waals surface area contributed by atoms with Gasteiger partial charge in [-0.15, -0.1) is 11.3 Å². The third-order valence-corrected chi connectivity index (χ3v) is 6.29. The lowest BCUT2D eigenvalue weighted by atomic mass is 10.2. The molecule has 0 aliphatic heterocycles. The number of hydrogen-bond donors (Lipinski definition) is 2. The Morgan fingerprint density at radius 3 is 2.23 bits per heavy atom. The van der Waals surface area contributed by atoms with Crippen LogP contribution in [0.25, 0.3) is 15.9 Å². The van der Waals surface area contributed by atoms with E-state index in [-0.39, 0.29) is 34.1 Å². The molecule has 0 spiro atoms. The van der Waals surface area contributed by atoms with E-state index in [1.807, 2.05) is 6.92 Å². The number of carbonyl (C=O) groups excluding carboxylic acids is 2. The summed E-state index contributed by atoms with van der Waals surface area (Å²) in [6.07, 6.45) is -4.67. The Morgan fingerprint density at radius 2 is 1.63 bits per heavy atom. The lowest BCUT2D eigenvalue weighted by Gasteiger charge is -2.07. The first-order valence-electron chi connectivity index (χ1n) is 10.5. The summed E-state index contributed by atoms with van der Waals surface area (Å²) in [6, 6.07) is 14.6. The van der Waals surface area contributed by atoms with Crippen LogP contribution in [0.4, 0.5) is 13.2 Å². The Balaban J connectivity index is 1.45. The third kappa shape index (κ3) is 5.29. The zero-order chi connectivity index (χ0) is 25.2. The van der Waals surface area contributed by atoms with Gasteiger partial charge in [0, 0.05) is 24.0 Å². The molecule has 0 atom stereocenters. The summed E-state index contributed by atoms with van der Waals surface area (Å²) in [5, 5.41) is 8.93. The Kier molecular flexibility index (Phi) is 6.79. The van der Waals surface area contributed by atoms with Crippen molar-refractivity contribution in [3.63, 3.8) is 0 Å². The molecule has 7 nitrogen and oxygen atoms in total. The maximum absolute atomic E-state index is 13.6. The Morgan fingerprint density at radius 1 is 1.00 bits per heavy atom. The first-order valence-corrected chi connectivity index (χ1v) is 11.4. The summed E-state index contributed by atoms with van der Waals surface area (Å²) >= 11 is 0.922. The summed E-state index contributed by atoms with van der Waals surface area (Å²) in [6.45, 7) is 2.12. The van der Waals surface area contributed by atoms with Crippen LogP contribution in [-0.4, -0.2) is 41.8 Å². The maximum Gasteiger partial charge on any atom is 0.435 e. The van der Waals surface area contributed by atoms with Gasteiger partial charge in [0.1, 0.15) is 10.6 Å². The van der Waals surface area contributed by atoms with Gasteiger partial charge in [-0.1, -0.05) is 17.7 Å². The van der Waals surface area contributed by atoms with Gasteiger partial charge in [-0.2, -0.15) is 18.3 Å². The second-order valence-corrected chi connectivity index (χ2v) is 8.69. The largest absolute Gasteiger partial charge is 0.497 e. The minimum Gasteiger partial charge on any atom is -0.497 e. The number of thiophene rings is 1. The Hall–Kier alpha value is -3.86. The predicted molar refractivity (Wildman–Crippen MR) is 126 cm³/mol. The average Bonchev–Trinajstić information content (AvgIpc) is 3.42. The zero-order valence-corrected chi connectivity index (χ0v) is 19.6. The number of fused-ring (bicyclic) bond motifs is 1. The molecule has 2 N–H and O–H groups in total.